The molecule has 0 unspecified atom stereocenters. The van der Waals surface area contributed by atoms with Gasteiger partial charge in [-0.1, -0.05) is 25.4 Å². The standard InChI is InChI=1S/C26H41ClN2O5S/c1-16(2)18-14-21(32-8)19(13-20(18)27)23(28-35(31)25(3,4)5)17-9-11-29(12-10-17)24(30)22-15-33-26(6,7)34-22/h13-14,16-17,22-23,28H,9-12,15H2,1-8H3/t22-,23-,35+/m1/s1. The SMILES string of the molecule is COc1cc(C(C)C)c(Cl)cc1[C@H](N[S@@](=O)C(C)(C)C)C1CCN(C(=O)[C@H]2COC(C)(C)O2)CC1. The molecule has 1 amide bonds. The van der Waals surface area contributed by atoms with Crippen LogP contribution in [0.1, 0.15) is 84.4 Å². The van der Waals surface area contributed by atoms with E-state index in [0.717, 1.165) is 29.7 Å². The second-order valence-electron chi connectivity index (χ2n) is 11.2. The third kappa shape index (κ3) is 6.77. The lowest BCUT2D eigenvalue weighted by Gasteiger charge is -2.38. The lowest BCUT2D eigenvalue weighted by atomic mass is 9.84. The van der Waals surface area contributed by atoms with Gasteiger partial charge in [-0.3, -0.25) is 4.79 Å². The number of hydrogen-bond donors (Lipinski definition) is 1. The summed E-state index contributed by atoms with van der Waals surface area (Å²) in [6.07, 6.45) is 0.953. The van der Waals surface area contributed by atoms with Crippen LogP contribution in [-0.4, -0.2) is 58.5 Å². The van der Waals surface area contributed by atoms with Crippen molar-refractivity contribution in [3.05, 3.63) is 28.3 Å². The Hall–Kier alpha value is -1.19. The average Bonchev–Trinajstić information content (AvgIpc) is 3.15. The zero-order chi connectivity index (χ0) is 26.1. The number of benzene rings is 1. The molecule has 0 saturated carbocycles. The van der Waals surface area contributed by atoms with Crippen LogP contribution in [0.25, 0.3) is 0 Å². The number of hydrogen-bond acceptors (Lipinski definition) is 5. The highest BCUT2D eigenvalue weighted by Gasteiger charge is 2.41. The van der Waals surface area contributed by atoms with Gasteiger partial charge in [-0.15, -0.1) is 0 Å². The molecule has 198 valence electrons. The molecular weight excluding hydrogens is 488 g/mol. The topological polar surface area (TPSA) is 77.1 Å². The van der Waals surface area contributed by atoms with Crippen molar-refractivity contribution in [3.8, 4) is 5.75 Å². The van der Waals surface area contributed by atoms with Crippen LogP contribution in [0.2, 0.25) is 5.02 Å². The van der Waals surface area contributed by atoms with E-state index in [2.05, 4.69) is 18.6 Å². The number of carbonyl (C=O) groups excluding carboxylic acids is 1. The molecule has 2 heterocycles. The number of methoxy groups -OCH3 is 1. The first-order chi connectivity index (χ1) is 16.2. The summed E-state index contributed by atoms with van der Waals surface area (Å²) in [5.74, 6) is 0.374. The van der Waals surface area contributed by atoms with Gasteiger partial charge in [0.2, 0.25) is 0 Å². The molecule has 2 fully saturated rings. The highest BCUT2D eigenvalue weighted by atomic mass is 35.5. The van der Waals surface area contributed by atoms with E-state index in [9.17, 15) is 9.00 Å². The number of likely N-dealkylation sites (tertiary alicyclic amines) is 1. The maximum Gasteiger partial charge on any atom is 0.254 e. The lowest BCUT2D eigenvalue weighted by Crippen LogP contribution is -2.47. The zero-order valence-corrected chi connectivity index (χ0v) is 23.8. The molecule has 0 bridgehead atoms. The van der Waals surface area contributed by atoms with Crippen molar-refractivity contribution in [1.82, 2.24) is 9.62 Å². The molecule has 3 atom stereocenters. The van der Waals surface area contributed by atoms with E-state index in [1.165, 1.54) is 0 Å². The smallest absolute Gasteiger partial charge is 0.254 e. The molecule has 0 aromatic heterocycles. The molecular formula is C26H41ClN2O5S. The van der Waals surface area contributed by atoms with E-state index < -0.39 is 27.6 Å². The molecule has 7 nitrogen and oxygen atoms in total. The maximum atomic E-state index is 13.2. The van der Waals surface area contributed by atoms with Gasteiger partial charge in [-0.25, -0.2) is 8.93 Å². The Labute approximate surface area is 217 Å². The van der Waals surface area contributed by atoms with Crippen LogP contribution in [0.3, 0.4) is 0 Å². The molecule has 2 aliphatic rings. The number of piperidine rings is 1. The number of rotatable bonds is 7. The van der Waals surface area contributed by atoms with Gasteiger partial charge in [0.05, 0.1) is 35.5 Å². The molecule has 35 heavy (non-hydrogen) atoms. The molecule has 9 heteroatoms. The molecule has 3 rings (SSSR count). The Morgan fingerprint density at radius 3 is 2.34 bits per heavy atom. The molecule has 2 aliphatic heterocycles. The Morgan fingerprint density at radius 2 is 1.86 bits per heavy atom. The number of nitrogens with zero attached hydrogens (tertiary/aromatic N) is 1. The number of nitrogens with one attached hydrogen (secondary N) is 1. The Kier molecular flexibility index (Phi) is 8.96. The summed E-state index contributed by atoms with van der Waals surface area (Å²) in [5.41, 5.74) is 1.92. The number of ether oxygens (including phenoxy) is 3. The maximum absolute atomic E-state index is 13.2. The van der Waals surface area contributed by atoms with Crippen molar-refractivity contribution in [3.63, 3.8) is 0 Å². The first-order valence-corrected chi connectivity index (χ1v) is 13.9. The zero-order valence-electron chi connectivity index (χ0n) is 22.3. The molecule has 1 N–H and O–H groups in total. The van der Waals surface area contributed by atoms with Crippen LogP contribution in [0.5, 0.6) is 5.75 Å². The van der Waals surface area contributed by atoms with Crippen molar-refractivity contribution in [1.29, 1.82) is 0 Å². The fourth-order valence-corrected chi connectivity index (χ4v) is 5.91. The quantitative estimate of drug-likeness (QED) is 0.541. The molecule has 1 aromatic rings. The second-order valence-corrected chi connectivity index (χ2v) is 13.6. The largest absolute Gasteiger partial charge is 0.496 e. The normalized spacial score (nSPS) is 22.9. The predicted octanol–water partition coefficient (Wildman–Crippen LogP) is 4.96. The summed E-state index contributed by atoms with van der Waals surface area (Å²) < 4.78 is 33.3. The fourth-order valence-electron chi connectivity index (χ4n) is 4.62. The number of amides is 1. The Bertz CT molecular complexity index is 938. The minimum atomic E-state index is -1.29. The fraction of sp³-hybridized carbons (Fsp3) is 0.731. The predicted molar refractivity (Wildman–Crippen MR) is 140 cm³/mol. The van der Waals surface area contributed by atoms with Crippen LogP contribution in [0, 0.1) is 5.92 Å². The first kappa shape index (κ1) is 28.4. The van der Waals surface area contributed by atoms with Crippen LogP contribution in [0.4, 0.5) is 0 Å². The monoisotopic (exact) mass is 528 g/mol. The van der Waals surface area contributed by atoms with E-state index >= 15 is 0 Å². The number of carbonyl (C=O) groups is 1. The van der Waals surface area contributed by atoms with Gasteiger partial charge in [0.25, 0.3) is 5.91 Å². The number of halogens is 1. The Balaban J connectivity index is 1.83. The van der Waals surface area contributed by atoms with Gasteiger partial charge in [0.15, 0.2) is 11.9 Å². The molecule has 1 aromatic carbocycles. The first-order valence-electron chi connectivity index (χ1n) is 12.4. The minimum Gasteiger partial charge on any atom is -0.496 e. The van der Waals surface area contributed by atoms with E-state index in [1.807, 2.05) is 51.7 Å². The molecule has 0 radical (unpaired) electrons. The van der Waals surface area contributed by atoms with Crippen LogP contribution >= 0.6 is 11.6 Å². The van der Waals surface area contributed by atoms with E-state index in [4.69, 9.17) is 25.8 Å². The summed E-state index contributed by atoms with van der Waals surface area (Å²) in [7, 11) is 0.359. The van der Waals surface area contributed by atoms with Gasteiger partial charge >= 0.3 is 0 Å². The third-order valence-electron chi connectivity index (χ3n) is 6.70. The van der Waals surface area contributed by atoms with Crippen LogP contribution < -0.4 is 9.46 Å². The average molecular weight is 529 g/mol. The van der Waals surface area contributed by atoms with E-state index in [-0.39, 0.29) is 30.4 Å². The summed E-state index contributed by atoms with van der Waals surface area (Å²) >= 11 is 6.69. The molecule has 0 aliphatic carbocycles. The van der Waals surface area contributed by atoms with Crippen LogP contribution in [0.15, 0.2) is 12.1 Å². The van der Waals surface area contributed by atoms with Gasteiger partial charge in [-0.2, -0.15) is 0 Å². The van der Waals surface area contributed by atoms with E-state index in [1.54, 1.807) is 7.11 Å². The van der Waals surface area contributed by atoms with Crippen molar-refractivity contribution in [2.24, 2.45) is 5.92 Å². The van der Waals surface area contributed by atoms with Crippen molar-refractivity contribution in [2.45, 2.75) is 89.9 Å². The van der Waals surface area contributed by atoms with Gasteiger partial charge in [0.1, 0.15) is 5.75 Å². The van der Waals surface area contributed by atoms with Gasteiger partial charge in [0, 0.05) is 23.7 Å². The highest BCUT2D eigenvalue weighted by Crippen LogP contribution is 2.40. The van der Waals surface area contributed by atoms with E-state index in [0.29, 0.717) is 18.1 Å². The summed E-state index contributed by atoms with van der Waals surface area (Å²) in [5, 5.41) is 0.678. The minimum absolute atomic E-state index is 0.0290. The van der Waals surface area contributed by atoms with Crippen molar-refractivity contribution < 1.29 is 23.2 Å². The highest BCUT2D eigenvalue weighted by molar-refractivity contribution is 7.84. The third-order valence-corrected chi connectivity index (χ3v) is 8.61. The van der Waals surface area contributed by atoms with Crippen LogP contribution in [-0.2, 0) is 25.3 Å². The summed E-state index contributed by atoms with van der Waals surface area (Å²) in [4.78, 5) is 14.9. The van der Waals surface area contributed by atoms with Gasteiger partial charge in [-0.05, 0) is 77.0 Å². The lowest BCUT2D eigenvalue weighted by molar-refractivity contribution is -0.161. The Morgan fingerprint density at radius 1 is 1.23 bits per heavy atom. The summed E-state index contributed by atoms with van der Waals surface area (Å²) in [6.45, 7) is 15.2. The van der Waals surface area contributed by atoms with Crippen molar-refractivity contribution >= 4 is 28.5 Å². The molecule has 2 saturated heterocycles. The summed E-state index contributed by atoms with van der Waals surface area (Å²) in [6, 6.07) is 3.72. The van der Waals surface area contributed by atoms with Crippen molar-refractivity contribution in [2.75, 3.05) is 26.8 Å². The molecule has 0 spiro atoms. The van der Waals surface area contributed by atoms with Gasteiger partial charge < -0.3 is 19.1 Å². The second kappa shape index (κ2) is 11.1.